The van der Waals surface area contributed by atoms with Gasteiger partial charge in [0.05, 0.1) is 12.5 Å². The molecule has 2 nitrogen and oxygen atoms in total. The lowest BCUT2D eigenvalue weighted by atomic mass is 9.77. The molecule has 17 heavy (non-hydrogen) atoms. The van der Waals surface area contributed by atoms with E-state index < -0.39 is 0 Å². The van der Waals surface area contributed by atoms with Gasteiger partial charge in [0, 0.05) is 5.41 Å². The maximum absolute atomic E-state index is 12.5. The van der Waals surface area contributed by atoms with Gasteiger partial charge in [-0.05, 0) is 30.5 Å². The van der Waals surface area contributed by atoms with E-state index in [1.807, 2.05) is 45.0 Å². The Kier molecular flexibility index (Phi) is 2.76. The van der Waals surface area contributed by atoms with Crippen LogP contribution in [0.4, 0.5) is 0 Å². The Bertz CT molecular complexity index is 419. The predicted molar refractivity (Wildman–Crippen MR) is 68.4 cm³/mol. The molecule has 0 radical (unpaired) electrons. The summed E-state index contributed by atoms with van der Waals surface area (Å²) in [5.41, 5.74) is 0.652. The molecule has 1 aliphatic carbocycles. The lowest BCUT2D eigenvalue weighted by molar-refractivity contribution is -0.128. The molecule has 1 fully saturated rings. The predicted octanol–water partition coefficient (Wildman–Crippen LogP) is 3.34. The van der Waals surface area contributed by atoms with Crippen LogP contribution in [0.2, 0.25) is 0 Å². The Hall–Kier alpha value is -1.31. The van der Waals surface area contributed by atoms with Crippen molar-refractivity contribution in [2.75, 3.05) is 7.11 Å². The third-order valence-electron chi connectivity index (χ3n) is 3.51. The molecule has 0 atom stereocenters. The van der Waals surface area contributed by atoms with Crippen molar-refractivity contribution in [1.29, 1.82) is 0 Å². The van der Waals surface area contributed by atoms with Crippen molar-refractivity contribution in [2.24, 2.45) is 5.41 Å². The van der Waals surface area contributed by atoms with Crippen LogP contribution in [-0.4, -0.2) is 12.9 Å². The van der Waals surface area contributed by atoms with Gasteiger partial charge in [-0.1, -0.05) is 32.9 Å². The molecule has 0 saturated heterocycles. The summed E-state index contributed by atoms with van der Waals surface area (Å²) in [7, 11) is 1.65. The zero-order valence-electron chi connectivity index (χ0n) is 11.0. The number of hydrogen-bond acceptors (Lipinski definition) is 2. The first kappa shape index (κ1) is 12.2. The molecule has 0 heterocycles. The summed E-state index contributed by atoms with van der Waals surface area (Å²) in [6.07, 6.45) is 1.96. The van der Waals surface area contributed by atoms with E-state index in [0.29, 0.717) is 5.78 Å². The zero-order chi connectivity index (χ0) is 12.7. The Morgan fingerprint density at radius 2 is 1.71 bits per heavy atom. The van der Waals surface area contributed by atoms with Crippen molar-refractivity contribution in [1.82, 2.24) is 0 Å². The van der Waals surface area contributed by atoms with E-state index in [4.69, 9.17) is 4.74 Å². The summed E-state index contributed by atoms with van der Waals surface area (Å²) in [5, 5.41) is 0. The van der Waals surface area contributed by atoms with Gasteiger partial charge in [-0.25, -0.2) is 0 Å². The van der Waals surface area contributed by atoms with E-state index in [-0.39, 0.29) is 10.8 Å². The average Bonchev–Trinajstić information content (AvgIpc) is 3.08. The Balaban J connectivity index is 2.30. The molecule has 0 spiro atoms. The van der Waals surface area contributed by atoms with Gasteiger partial charge in [-0.3, -0.25) is 4.79 Å². The number of Topliss-reactive ketones (excluding diaryl/α,β-unsaturated/α-hetero) is 1. The number of rotatable bonds is 3. The topological polar surface area (TPSA) is 26.3 Å². The van der Waals surface area contributed by atoms with Gasteiger partial charge in [0.15, 0.2) is 0 Å². The molecule has 1 aromatic carbocycles. The minimum atomic E-state index is -0.267. The van der Waals surface area contributed by atoms with Crippen molar-refractivity contribution in [3.63, 3.8) is 0 Å². The molecule has 0 unspecified atom stereocenters. The van der Waals surface area contributed by atoms with Crippen LogP contribution in [0, 0.1) is 5.41 Å². The van der Waals surface area contributed by atoms with Crippen LogP contribution in [-0.2, 0) is 10.2 Å². The lowest BCUT2D eigenvalue weighted by Gasteiger charge is -2.24. The molecular formula is C15H20O2. The standard InChI is InChI=1S/C15H20O2/c1-14(2,3)13(16)15(9-10-15)11-5-7-12(17-4)8-6-11/h5-8H,9-10H2,1-4H3. The van der Waals surface area contributed by atoms with Crippen LogP contribution >= 0.6 is 0 Å². The number of ether oxygens (including phenoxy) is 1. The largest absolute Gasteiger partial charge is 0.497 e. The van der Waals surface area contributed by atoms with E-state index in [2.05, 4.69) is 0 Å². The first-order chi connectivity index (χ1) is 7.90. The number of benzene rings is 1. The molecule has 0 N–H and O–H groups in total. The molecule has 0 aliphatic heterocycles. The van der Waals surface area contributed by atoms with Gasteiger partial charge in [-0.15, -0.1) is 0 Å². The summed E-state index contributed by atoms with van der Waals surface area (Å²) in [6, 6.07) is 7.92. The number of methoxy groups -OCH3 is 1. The summed E-state index contributed by atoms with van der Waals surface area (Å²) in [5.74, 6) is 1.20. The van der Waals surface area contributed by atoms with Crippen molar-refractivity contribution < 1.29 is 9.53 Å². The summed E-state index contributed by atoms with van der Waals surface area (Å²) < 4.78 is 5.15. The van der Waals surface area contributed by atoms with Gasteiger partial charge >= 0.3 is 0 Å². The highest BCUT2D eigenvalue weighted by Crippen LogP contribution is 2.52. The van der Waals surface area contributed by atoms with E-state index in [1.54, 1.807) is 7.11 Å². The number of carbonyl (C=O) groups is 1. The van der Waals surface area contributed by atoms with Crippen molar-refractivity contribution in [3.05, 3.63) is 29.8 Å². The fourth-order valence-electron chi connectivity index (χ4n) is 2.40. The van der Waals surface area contributed by atoms with E-state index in [9.17, 15) is 4.79 Å². The monoisotopic (exact) mass is 232 g/mol. The minimum absolute atomic E-state index is 0.218. The molecule has 1 saturated carbocycles. The van der Waals surface area contributed by atoms with Crippen LogP contribution in [0.25, 0.3) is 0 Å². The fraction of sp³-hybridized carbons (Fsp3) is 0.533. The third-order valence-corrected chi connectivity index (χ3v) is 3.51. The first-order valence-electron chi connectivity index (χ1n) is 6.09. The van der Waals surface area contributed by atoms with Gasteiger partial charge in [0.25, 0.3) is 0 Å². The quantitative estimate of drug-likeness (QED) is 0.799. The molecule has 0 bridgehead atoms. The second-order valence-corrected chi connectivity index (χ2v) is 5.89. The fourth-order valence-corrected chi connectivity index (χ4v) is 2.40. The van der Waals surface area contributed by atoms with Crippen LogP contribution in [0.15, 0.2) is 24.3 Å². The van der Waals surface area contributed by atoms with Gasteiger partial charge in [0.1, 0.15) is 11.5 Å². The van der Waals surface area contributed by atoms with Gasteiger partial charge in [0.2, 0.25) is 0 Å². The summed E-state index contributed by atoms with van der Waals surface area (Å²) in [6.45, 7) is 6.00. The van der Waals surface area contributed by atoms with Crippen LogP contribution < -0.4 is 4.74 Å². The van der Waals surface area contributed by atoms with Crippen molar-refractivity contribution in [3.8, 4) is 5.75 Å². The smallest absolute Gasteiger partial charge is 0.148 e. The maximum Gasteiger partial charge on any atom is 0.148 e. The van der Waals surface area contributed by atoms with E-state index in [1.165, 1.54) is 0 Å². The van der Waals surface area contributed by atoms with Crippen LogP contribution in [0.3, 0.4) is 0 Å². The van der Waals surface area contributed by atoms with Gasteiger partial charge in [-0.2, -0.15) is 0 Å². The maximum atomic E-state index is 12.5. The zero-order valence-corrected chi connectivity index (χ0v) is 11.0. The summed E-state index contributed by atoms with van der Waals surface area (Å²) >= 11 is 0. The highest BCUT2D eigenvalue weighted by atomic mass is 16.5. The average molecular weight is 232 g/mol. The summed E-state index contributed by atoms with van der Waals surface area (Å²) in [4.78, 5) is 12.5. The third kappa shape index (κ3) is 2.08. The Morgan fingerprint density at radius 3 is 2.06 bits per heavy atom. The van der Waals surface area contributed by atoms with Crippen molar-refractivity contribution >= 4 is 5.78 Å². The number of hydrogen-bond donors (Lipinski definition) is 0. The van der Waals surface area contributed by atoms with Crippen LogP contribution in [0.5, 0.6) is 5.75 Å². The minimum Gasteiger partial charge on any atom is -0.497 e. The lowest BCUT2D eigenvalue weighted by Crippen LogP contribution is -2.32. The van der Waals surface area contributed by atoms with Crippen molar-refractivity contribution in [2.45, 2.75) is 39.0 Å². The Morgan fingerprint density at radius 1 is 1.18 bits per heavy atom. The molecule has 1 aliphatic rings. The molecule has 92 valence electrons. The number of ketones is 1. The second kappa shape index (κ2) is 3.86. The first-order valence-corrected chi connectivity index (χ1v) is 6.09. The molecule has 1 aromatic rings. The molecular weight excluding hydrogens is 212 g/mol. The highest BCUT2D eigenvalue weighted by Gasteiger charge is 2.53. The SMILES string of the molecule is COc1ccc(C2(C(=O)C(C)(C)C)CC2)cc1. The highest BCUT2D eigenvalue weighted by molar-refractivity contribution is 5.96. The second-order valence-electron chi connectivity index (χ2n) is 5.89. The van der Waals surface area contributed by atoms with E-state index in [0.717, 1.165) is 24.2 Å². The van der Waals surface area contributed by atoms with Gasteiger partial charge < -0.3 is 4.74 Å². The molecule has 0 aromatic heterocycles. The number of carbonyl (C=O) groups excluding carboxylic acids is 1. The molecule has 2 rings (SSSR count). The normalized spacial score (nSPS) is 17.6. The molecule has 0 amide bonds. The Labute approximate surface area is 103 Å². The van der Waals surface area contributed by atoms with Crippen LogP contribution in [0.1, 0.15) is 39.2 Å². The van der Waals surface area contributed by atoms with E-state index >= 15 is 0 Å². The molecule has 2 heteroatoms.